The van der Waals surface area contributed by atoms with E-state index in [1.165, 1.54) is 0 Å². The summed E-state index contributed by atoms with van der Waals surface area (Å²) < 4.78 is 1.77. The SMILES string of the molecule is CCn1nc(C)c(Cl)c1CC(=O)c1cccnc1. The van der Waals surface area contributed by atoms with E-state index < -0.39 is 0 Å². The van der Waals surface area contributed by atoms with Crippen molar-refractivity contribution in [1.29, 1.82) is 0 Å². The molecule has 18 heavy (non-hydrogen) atoms. The Labute approximate surface area is 111 Å². The Morgan fingerprint density at radius 2 is 2.28 bits per heavy atom. The lowest BCUT2D eigenvalue weighted by molar-refractivity contribution is 0.0990. The second-order valence-corrected chi connectivity index (χ2v) is 4.38. The Kier molecular flexibility index (Phi) is 3.77. The maximum absolute atomic E-state index is 12.1. The van der Waals surface area contributed by atoms with Crippen LogP contribution in [-0.4, -0.2) is 20.5 Å². The van der Waals surface area contributed by atoms with Crippen molar-refractivity contribution >= 4 is 17.4 Å². The molecule has 0 aliphatic heterocycles. The summed E-state index contributed by atoms with van der Waals surface area (Å²) in [7, 11) is 0. The number of carbonyl (C=O) groups excluding carboxylic acids is 1. The van der Waals surface area contributed by atoms with Crippen LogP contribution in [0.2, 0.25) is 5.02 Å². The molecule has 0 saturated carbocycles. The van der Waals surface area contributed by atoms with Gasteiger partial charge in [-0.15, -0.1) is 0 Å². The highest BCUT2D eigenvalue weighted by Gasteiger charge is 2.16. The predicted molar refractivity (Wildman–Crippen MR) is 69.9 cm³/mol. The molecule has 0 fully saturated rings. The summed E-state index contributed by atoms with van der Waals surface area (Å²) in [6, 6.07) is 3.50. The van der Waals surface area contributed by atoms with Crippen LogP contribution in [0.3, 0.4) is 0 Å². The predicted octanol–water partition coefficient (Wildman–Crippen LogP) is 2.69. The van der Waals surface area contributed by atoms with Crippen molar-refractivity contribution < 1.29 is 4.79 Å². The second-order valence-electron chi connectivity index (χ2n) is 4.00. The van der Waals surface area contributed by atoms with Gasteiger partial charge in [-0.25, -0.2) is 0 Å². The number of ketones is 1. The summed E-state index contributed by atoms with van der Waals surface area (Å²) in [5, 5.41) is 4.87. The van der Waals surface area contributed by atoms with Gasteiger partial charge in [-0.3, -0.25) is 14.5 Å². The van der Waals surface area contributed by atoms with E-state index in [0.717, 1.165) is 11.4 Å². The van der Waals surface area contributed by atoms with E-state index in [1.54, 1.807) is 29.2 Å². The first-order valence-corrected chi connectivity index (χ1v) is 6.16. The molecule has 94 valence electrons. The minimum Gasteiger partial charge on any atom is -0.294 e. The molecule has 0 aliphatic rings. The Morgan fingerprint density at radius 1 is 1.50 bits per heavy atom. The van der Waals surface area contributed by atoms with Gasteiger partial charge in [-0.05, 0) is 26.0 Å². The monoisotopic (exact) mass is 263 g/mol. The third-order valence-corrected chi connectivity index (χ3v) is 3.26. The zero-order chi connectivity index (χ0) is 13.1. The van der Waals surface area contributed by atoms with Gasteiger partial charge in [0.25, 0.3) is 0 Å². The van der Waals surface area contributed by atoms with Gasteiger partial charge in [-0.1, -0.05) is 11.6 Å². The highest BCUT2D eigenvalue weighted by atomic mass is 35.5. The smallest absolute Gasteiger partial charge is 0.170 e. The zero-order valence-electron chi connectivity index (χ0n) is 10.4. The number of nitrogens with zero attached hydrogens (tertiary/aromatic N) is 3. The topological polar surface area (TPSA) is 47.8 Å². The van der Waals surface area contributed by atoms with Crippen molar-refractivity contribution in [3.63, 3.8) is 0 Å². The van der Waals surface area contributed by atoms with Gasteiger partial charge in [0.15, 0.2) is 5.78 Å². The van der Waals surface area contributed by atoms with E-state index in [0.29, 0.717) is 17.1 Å². The van der Waals surface area contributed by atoms with Gasteiger partial charge in [-0.2, -0.15) is 5.10 Å². The van der Waals surface area contributed by atoms with Gasteiger partial charge in [0.2, 0.25) is 0 Å². The van der Waals surface area contributed by atoms with Crippen LogP contribution in [0.4, 0.5) is 0 Å². The van der Waals surface area contributed by atoms with Crippen LogP contribution >= 0.6 is 11.6 Å². The van der Waals surface area contributed by atoms with Crippen molar-refractivity contribution in [3.05, 3.63) is 46.5 Å². The van der Waals surface area contributed by atoms with Gasteiger partial charge in [0.1, 0.15) is 0 Å². The molecule has 5 heteroatoms. The average molecular weight is 264 g/mol. The molecule has 0 aliphatic carbocycles. The van der Waals surface area contributed by atoms with Crippen molar-refractivity contribution in [2.24, 2.45) is 0 Å². The van der Waals surface area contributed by atoms with E-state index >= 15 is 0 Å². The fourth-order valence-electron chi connectivity index (χ4n) is 1.82. The van der Waals surface area contributed by atoms with Crippen LogP contribution in [0.25, 0.3) is 0 Å². The normalized spacial score (nSPS) is 10.6. The molecule has 0 saturated heterocycles. The van der Waals surface area contributed by atoms with Gasteiger partial charge >= 0.3 is 0 Å². The molecule has 4 nitrogen and oxygen atoms in total. The first kappa shape index (κ1) is 12.8. The summed E-state index contributed by atoms with van der Waals surface area (Å²) in [4.78, 5) is 16.0. The van der Waals surface area contributed by atoms with Crippen LogP contribution < -0.4 is 0 Å². The third-order valence-electron chi connectivity index (χ3n) is 2.76. The van der Waals surface area contributed by atoms with Crippen LogP contribution in [0.5, 0.6) is 0 Å². The second kappa shape index (κ2) is 5.31. The molecule has 0 atom stereocenters. The number of pyridine rings is 1. The van der Waals surface area contributed by atoms with E-state index in [9.17, 15) is 4.79 Å². The highest BCUT2D eigenvalue weighted by molar-refractivity contribution is 6.32. The summed E-state index contributed by atoms with van der Waals surface area (Å²) in [5.41, 5.74) is 2.12. The van der Waals surface area contributed by atoms with Crippen molar-refractivity contribution in [2.75, 3.05) is 0 Å². The Morgan fingerprint density at radius 3 is 2.89 bits per heavy atom. The Bertz CT molecular complexity index is 563. The number of carbonyl (C=O) groups is 1. The lowest BCUT2D eigenvalue weighted by Crippen LogP contribution is -2.10. The first-order chi connectivity index (χ1) is 8.63. The zero-order valence-corrected chi connectivity index (χ0v) is 11.1. The molecule has 2 aromatic rings. The van der Waals surface area contributed by atoms with E-state index in [1.807, 2.05) is 13.8 Å². The summed E-state index contributed by atoms with van der Waals surface area (Å²) >= 11 is 6.17. The quantitative estimate of drug-likeness (QED) is 0.797. The number of aromatic nitrogens is 3. The third kappa shape index (κ3) is 2.43. The van der Waals surface area contributed by atoms with Crippen molar-refractivity contribution in [2.45, 2.75) is 26.8 Å². The van der Waals surface area contributed by atoms with Gasteiger partial charge in [0, 0.05) is 24.5 Å². The summed E-state index contributed by atoms with van der Waals surface area (Å²) in [5.74, 6) is -0.000370. The van der Waals surface area contributed by atoms with Crippen LogP contribution in [-0.2, 0) is 13.0 Å². The van der Waals surface area contributed by atoms with Gasteiger partial charge < -0.3 is 0 Å². The number of halogens is 1. The minimum absolute atomic E-state index is 0.000370. The fourth-order valence-corrected chi connectivity index (χ4v) is 2.02. The van der Waals surface area contributed by atoms with E-state index in [4.69, 9.17) is 11.6 Å². The van der Waals surface area contributed by atoms with E-state index in [-0.39, 0.29) is 12.2 Å². The minimum atomic E-state index is -0.000370. The summed E-state index contributed by atoms with van der Waals surface area (Å²) in [6.07, 6.45) is 3.46. The molecule has 0 radical (unpaired) electrons. The number of hydrogen-bond acceptors (Lipinski definition) is 3. The number of Topliss-reactive ketones (excluding diaryl/α,β-unsaturated/α-hetero) is 1. The maximum atomic E-state index is 12.1. The lowest BCUT2D eigenvalue weighted by Gasteiger charge is -2.04. The molecule has 0 amide bonds. The number of rotatable bonds is 4. The molecule has 2 heterocycles. The largest absolute Gasteiger partial charge is 0.294 e. The maximum Gasteiger partial charge on any atom is 0.170 e. The molecule has 2 aromatic heterocycles. The van der Waals surface area contributed by atoms with Crippen molar-refractivity contribution in [3.8, 4) is 0 Å². The van der Waals surface area contributed by atoms with Crippen molar-refractivity contribution in [1.82, 2.24) is 14.8 Å². The Balaban J connectivity index is 2.27. The Hall–Kier alpha value is -1.68. The first-order valence-electron chi connectivity index (χ1n) is 5.78. The molecule has 0 spiro atoms. The van der Waals surface area contributed by atoms with Crippen LogP contribution in [0.15, 0.2) is 24.5 Å². The molecule has 0 aromatic carbocycles. The highest BCUT2D eigenvalue weighted by Crippen LogP contribution is 2.21. The molecule has 2 rings (SSSR count). The van der Waals surface area contributed by atoms with E-state index in [2.05, 4.69) is 10.1 Å². The lowest BCUT2D eigenvalue weighted by atomic mass is 10.1. The molecular formula is C13H14ClN3O. The summed E-state index contributed by atoms with van der Waals surface area (Å²) in [6.45, 7) is 4.51. The molecular weight excluding hydrogens is 250 g/mol. The number of hydrogen-bond donors (Lipinski definition) is 0. The van der Waals surface area contributed by atoms with Crippen LogP contribution in [0.1, 0.15) is 28.7 Å². The standard InChI is InChI=1S/C13H14ClN3O/c1-3-17-11(13(14)9(2)16-17)7-12(18)10-5-4-6-15-8-10/h4-6,8H,3,7H2,1-2H3. The average Bonchev–Trinajstić information content (AvgIpc) is 2.67. The molecule has 0 N–H and O–H groups in total. The fraction of sp³-hybridized carbons (Fsp3) is 0.308. The van der Waals surface area contributed by atoms with Crippen LogP contribution in [0, 0.1) is 6.92 Å². The molecule has 0 unspecified atom stereocenters. The van der Waals surface area contributed by atoms with Gasteiger partial charge in [0.05, 0.1) is 22.8 Å². The molecule has 0 bridgehead atoms. The number of aryl methyl sites for hydroxylation is 2.